The predicted molar refractivity (Wildman–Crippen MR) is 52.6 cm³/mol. The van der Waals surface area contributed by atoms with E-state index in [1.165, 1.54) is 19.3 Å². The van der Waals surface area contributed by atoms with E-state index in [0.29, 0.717) is 12.1 Å². The minimum atomic E-state index is 0.279. The first-order valence-corrected chi connectivity index (χ1v) is 5.23. The van der Waals surface area contributed by atoms with Gasteiger partial charge in [0.25, 0.3) is 0 Å². The summed E-state index contributed by atoms with van der Waals surface area (Å²) in [6.45, 7) is 0.557. The predicted octanol–water partition coefficient (Wildman–Crippen LogP) is 0.604. The number of aliphatic hydroxyl groups is 2. The van der Waals surface area contributed by atoms with Gasteiger partial charge in [-0.15, -0.1) is 0 Å². The van der Waals surface area contributed by atoms with E-state index in [1.807, 2.05) is 0 Å². The second-order valence-electron chi connectivity index (χ2n) is 3.93. The van der Waals surface area contributed by atoms with Crippen LogP contribution in [0, 0.1) is 0 Å². The number of likely N-dealkylation sites (tertiary alicyclic amines) is 1. The Morgan fingerprint density at radius 3 is 1.92 bits per heavy atom. The van der Waals surface area contributed by atoms with Crippen LogP contribution < -0.4 is 0 Å². The van der Waals surface area contributed by atoms with Gasteiger partial charge in [-0.3, -0.25) is 0 Å². The van der Waals surface area contributed by atoms with Gasteiger partial charge >= 0.3 is 0 Å². The summed E-state index contributed by atoms with van der Waals surface area (Å²) in [5.74, 6) is 0. The second-order valence-corrected chi connectivity index (χ2v) is 3.93. The zero-order chi connectivity index (χ0) is 9.68. The quantitative estimate of drug-likeness (QED) is 0.677. The fourth-order valence-corrected chi connectivity index (χ4v) is 2.29. The van der Waals surface area contributed by atoms with Gasteiger partial charge in [-0.2, -0.15) is 0 Å². The van der Waals surface area contributed by atoms with Crippen LogP contribution >= 0.6 is 0 Å². The number of rotatable bonds is 4. The number of nitrogens with zero attached hydrogens (tertiary/aromatic N) is 1. The lowest BCUT2D eigenvalue weighted by atomic mass is 9.93. The van der Waals surface area contributed by atoms with Crippen molar-refractivity contribution in [2.24, 2.45) is 0 Å². The van der Waals surface area contributed by atoms with E-state index in [1.54, 1.807) is 0 Å². The lowest BCUT2D eigenvalue weighted by Crippen LogP contribution is -2.44. The monoisotopic (exact) mass is 187 g/mol. The fourth-order valence-electron chi connectivity index (χ4n) is 2.29. The van der Waals surface area contributed by atoms with Crippen LogP contribution in [0.25, 0.3) is 0 Å². The highest BCUT2D eigenvalue weighted by atomic mass is 16.3. The molecule has 0 aliphatic carbocycles. The smallest absolute Gasteiger partial charge is 0.0445 e. The number of aliphatic hydroxyl groups excluding tert-OH is 2. The third-order valence-corrected chi connectivity index (χ3v) is 3.15. The minimum absolute atomic E-state index is 0.279. The van der Waals surface area contributed by atoms with E-state index < -0.39 is 0 Å². The van der Waals surface area contributed by atoms with E-state index >= 15 is 0 Å². The van der Waals surface area contributed by atoms with Gasteiger partial charge in [-0.05, 0) is 32.7 Å². The SMILES string of the molecule is CN1C(CCO)CCCC1CCO. The Balaban J connectivity index is 2.40. The summed E-state index contributed by atoms with van der Waals surface area (Å²) in [4.78, 5) is 2.33. The van der Waals surface area contributed by atoms with E-state index in [0.717, 1.165) is 12.8 Å². The highest BCUT2D eigenvalue weighted by Crippen LogP contribution is 2.24. The standard InChI is InChI=1S/C10H21NO2/c1-11-9(5-7-12)3-2-4-10(11)6-8-13/h9-10,12-13H,2-8H2,1H3. The van der Waals surface area contributed by atoms with Gasteiger partial charge in [0.05, 0.1) is 0 Å². The Morgan fingerprint density at radius 1 is 1.08 bits per heavy atom. The van der Waals surface area contributed by atoms with Crippen LogP contribution in [0.5, 0.6) is 0 Å². The van der Waals surface area contributed by atoms with Crippen LogP contribution in [0.2, 0.25) is 0 Å². The van der Waals surface area contributed by atoms with Crippen molar-refractivity contribution in [1.29, 1.82) is 0 Å². The number of hydrogen-bond donors (Lipinski definition) is 2. The molecule has 1 saturated heterocycles. The molecule has 0 aromatic carbocycles. The molecule has 1 aliphatic rings. The van der Waals surface area contributed by atoms with Crippen molar-refractivity contribution in [3.8, 4) is 0 Å². The Morgan fingerprint density at radius 2 is 1.54 bits per heavy atom. The molecule has 3 nitrogen and oxygen atoms in total. The summed E-state index contributed by atoms with van der Waals surface area (Å²) < 4.78 is 0. The normalized spacial score (nSPS) is 30.7. The Labute approximate surface area is 80.4 Å². The van der Waals surface area contributed by atoms with Crippen molar-refractivity contribution in [3.63, 3.8) is 0 Å². The zero-order valence-electron chi connectivity index (χ0n) is 8.45. The van der Waals surface area contributed by atoms with Gasteiger partial charge in [0.15, 0.2) is 0 Å². The van der Waals surface area contributed by atoms with Crippen LogP contribution in [0.1, 0.15) is 32.1 Å². The average molecular weight is 187 g/mol. The molecule has 13 heavy (non-hydrogen) atoms. The largest absolute Gasteiger partial charge is 0.396 e. The van der Waals surface area contributed by atoms with Crippen LogP contribution in [0.3, 0.4) is 0 Å². The summed E-state index contributed by atoms with van der Waals surface area (Å²) in [6.07, 6.45) is 5.37. The second kappa shape index (κ2) is 5.58. The van der Waals surface area contributed by atoms with Crippen molar-refractivity contribution in [2.75, 3.05) is 20.3 Å². The first-order valence-electron chi connectivity index (χ1n) is 5.23. The van der Waals surface area contributed by atoms with E-state index in [2.05, 4.69) is 11.9 Å². The topological polar surface area (TPSA) is 43.7 Å². The molecule has 1 aliphatic heterocycles. The molecule has 2 N–H and O–H groups in total. The molecule has 3 heteroatoms. The number of piperidine rings is 1. The molecule has 0 aromatic heterocycles. The summed E-state index contributed by atoms with van der Waals surface area (Å²) in [6, 6.07) is 1.05. The van der Waals surface area contributed by atoms with Crippen LogP contribution in [-0.2, 0) is 0 Å². The maximum atomic E-state index is 8.88. The first-order chi connectivity index (χ1) is 6.29. The molecular formula is C10H21NO2. The van der Waals surface area contributed by atoms with E-state index in [9.17, 15) is 0 Å². The lowest BCUT2D eigenvalue weighted by Gasteiger charge is -2.39. The molecule has 0 saturated carbocycles. The molecule has 78 valence electrons. The van der Waals surface area contributed by atoms with Crippen molar-refractivity contribution in [1.82, 2.24) is 4.90 Å². The van der Waals surface area contributed by atoms with Crippen molar-refractivity contribution < 1.29 is 10.2 Å². The zero-order valence-corrected chi connectivity index (χ0v) is 8.45. The third-order valence-electron chi connectivity index (χ3n) is 3.15. The Kier molecular flexibility index (Phi) is 4.70. The summed E-state index contributed by atoms with van der Waals surface area (Å²) in [5.41, 5.74) is 0. The molecular weight excluding hydrogens is 166 g/mol. The van der Waals surface area contributed by atoms with Crippen molar-refractivity contribution in [2.45, 2.75) is 44.2 Å². The molecule has 1 rings (SSSR count). The van der Waals surface area contributed by atoms with Gasteiger partial charge in [-0.1, -0.05) is 6.42 Å². The average Bonchev–Trinajstić information content (AvgIpc) is 2.13. The van der Waals surface area contributed by atoms with Gasteiger partial charge in [0.1, 0.15) is 0 Å². The Hall–Kier alpha value is -0.120. The van der Waals surface area contributed by atoms with Crippen LogP contribution in [-0.4, -0.2) is 47.5 Å². The van der Waals surface area contributed by atoms with Crippen LogP contribution in [0.4, 0.5) is 0 Å². The number of hydrogen-bond acceptors (Lipinski definition) is 3. The molecule has 0 aromatic rings. The maximum Gasteiger partial charge on any atom is 0.0445 e. The molecule has 0 radical (unpaired) electrons. The van der Waals surface area contributed by atoms with Gasteiger partial charge in [0.2, 0.25) is 0 Å². The molecule has 1 fully saturated rings. The summed E-state index contributed by atoms with van der Waals surface area (Å²) in [5, 5.41) is 17.8. The lowest BCUT2D eigenvalue weighted by molar-refractivity contribution is 0.0764. The Bertz CT molecular complexity index is 123. The fraction of sp³-hybridized carbons (Fsp3) is 1.00. The van der Waals surface area contributed by atoms with Crippen LogP contribution in [0.15, 0.2) is 0 Å². The molecule has 0 bridgehead atoms. The highest BCUT2D eigenvalue weighted by Gasteiger charge is 2.26. The van der Waals surface area contributed by atoms with E-state index in [4.69, 9.17) is 10.2 Å². The van der Waals surface area contributed by atoms with Crippen molar-refractivity contribution in [3.05, 3.63) is 0 Å². The molecule has 1 heterocycles. The molecule has 0 spiro atoms. The highest BCUT2D eigenvalue weighted by molar-refractivity contribution is 4.81. The van der Waals surface area contributed by atoms with E-state index in [-0.39, 0.29) is 13.2 Å². The molecule has 0 amide bonds. The third kappa shape index (κ3) is 2.93. The molecule has 2 atom stereocenters. The van der Waals surface area contributed by atoms with Gasteiger partial charge in [-0.25, -0.2) is 0 Å². The maximum absolute atomic E-state index is 8.88. The summed E-state index contributed by atoms with van der Waals surface area (Å²) >= 11 is 0. The van der Waals surface area contributed by atoms with Gasteiger partial charge in [0, 0.05) is 25.3 Å². The van der Waals surface area contributed by atoms with Gasteiger partial charge < -0.3 is 15.1 Å². The molecule has 2 unspecified atom stereocenters. The minimum Gasteiger partial charge on any atom is -0.396 e. The first kappa shape index (κ1) is 11.0. The van der Waals surface area contributed by atoms with Crippen molar-refractivity contribution >= 4 is 0 Å². The summed E-state index contributed by atoms with van der Waals surface area (Å²) in [7, 11) is 2.11.